The molecule has 0 aliphatic rings. The molecule has 0 spiro atoms. The fourth-order valence-electron chi connectivity index (χ4n) is 0.445. The summed E-state index contributed by atoms with van der Waals surface area (Å²) in [7, 11) is 3.64. The Labute approximate surface area is 55.5 Å². The van der Waals surface area contributed by atoms with Crippen LogP contribution >= 0.6 is 0 Å². The van der Waals surface area contributed by atoms with Gasteiger partial charge in [0, 0.05) is 13.5 Å². The van der Waals surface area contributed by atoms with E-state index in [1.165, 1.54) is 6.21 Å². The van der Waals surface area contributed by atoms with Gasteiger partial charge in [-0.3, -0.25) is 5.43 Å². The molecular formula is C5H14N4. The predicted octanol–water partition coefficient (Wildman–Crippen LogP) is -0.623. The SMILES string of the molecule is CNN(C)C(N)CC=N. The summed E-state index contributed by atoms with van der Waals surface area (Å²) in [5.74, 6) is 0. The van der Waals surface area contributed by atoms with E-state index in [0.29, 0.717) is 6.42 Å². The monoisotopic (exact) mass is 130 g/mol. The molecule has 4 N–H and O–H groups in total. The lowest BCUT2D eigenvalue weighted by Gasteiger charge is -2.21. The quantitative estimate of drug-likeness (QED) is 0.270. The van der Waals surface area contributed by atoms with Crippen molar-refractivity contribution in [3.8, 4) is 0 Å². The van der Waals surface area contributed by atoms with E-state index >= 15 is 0 Å². The highest BCUT2D eigenvalue weighted by Crippen LogP contribution is 1.85. The van der Waals surface area contributed by atoms with E-state index in [0.717, 1.165) is 0 Å². The van der Waals surface area contributed by atoms with Crippen molar-refractivity contribution in [2.75, 3.05) is 14.1 Å². The zero-order valence-electron chi connectivity index (χ0n) is 5.89. The second-order valence-electron chi connectivity index (χ2n) is 1.84. The maximum atomic E-state index is 6.74. The Morgan fingerprint density at radius 3 is 2.78 bits per heavy atom. The van der Waals surface area contributed by atoms with E-state index in [1.54, 1.807) is 12.1 Å². The van der Waals surface area contributed by atoms with Crippen LogP contribution in [0.2, 0.25) is 0 Å². The van der Waals surface area contributed by atoms with Crippen LogP contribution in [0.1, 0.15) is 6.42 Å². The van der Waals surface area contributed by atoms with E-state index in [2.05, 4.69) is 5.43 Å². The van der Waals surface area contributed by atoms with Gasteiger partial charge in [0.15, 0.2) is 0 Å². The zero-order valence-corrected chi connectivity index (χ0v) is 5.89. The molecule has 1 unspecified atom stereocenters. The molecule has 0 aromatic heterocycles. The van der Waals surface area contributed by atoms with Crippen molar-refractivity contribution >= 4 is 6.21 Å². The van der Waals surface area contributed by atoms with E-state index in [9.17, 15) is 0 Å². The normalized spacial score (nSPS) is 13.8. The molecule has 0 aliphatic heterocycles. The molecule has 0 rings (SSSR count). The molecule has 0 saturated carbocycles. The maximum absolute atomic E-state index is 6.74. The van der Waals surface area contributed by atoms with E-state index in [-0.39, 0.29) is 6.17 Å². The Hall–Kier alpha value is -0.450. The van der Waals surface area contributed by atoms with E-state index < -0.39 is 0 Å². The highest BCUT2D eigenvalue weighted by Gasteiger charge is 2.03. The molecule has 0 radical (unpaired) electrons. The topological polar surface area (TPSA) is 65.1 Å². The minimum atomic E-state index is -0.0903. The van der Waals surface area contributed by atoms with Crippen molar-refractivity contribution in [1.29, 1.82) is 5.41 Å². The molecule has 0 amide bonds. The van der Waals surface area contributed by atoms with Crippen LogP contribution in [0.25, 0.3) is 0 Å². The lowest BCUT2D eigenvalue weighted by atomic mass is 10.4. The first-order valence-electron chi connectivity index (χ1n) is 2.87. The molecule has 0 aromatic rings. The van der Waals surface area contributed by atoms with Crippen molar-refractivity contribution in [3.63, 3.8) is 0 Å². The van der Waals surface area contributed by atoms with Gasteiger partial charge >= 0.3 is 0 Å². The highest BCUT2D eigenvalue weighted by molar-refractivity contribution is 5.53. The van der Waals surface area contributed by atoms with E-state index in [1.807, 2.05) is 7.05 Å². The second kappa shape index (κ2) is 4.43. The van der Waals surface area contributed by atoms with Crippen LogP contribution in [0, 0.1) is 5.41 Å². The number of nitrogens with zero attached hydrogens (tertiary/aromatic N) is 1. The Morgan fingerprint density at radius 2 is 2.44 bits per heavy atom. The molecule has 0 fully saturated rings. The van der Waals surface area contributed by atoms with Crippen LogP contribution < -0.4 is 11.2 Å². The summed E-state index contributed by atoms with van der Waals surface area (Å²) >= 11 is 0. The zero-order chi connectivity index (χ0) is 7.28. The molecule has 9 heavy (non-hydrogen) atoms. The van der Waals surface area contributed by atoms with Crippen molar-refractivity contribution in [2.24, 2.45) is 5.73 Å². The first-order chi connectivity index (χ1) is 4.22. The van der Waals surface area contributed by atoms with Gasteiger partial charge in [-0.2, -0.15) is 0 Å². The summed E-state index contributed by atoms with van der Waals surface area (Å²) in [6.07, 6.45) is 1.79. The molecule has 0 aromatic carbocycles. The fraction of sp³-hybridized carbons (Fsp3) is 0.800. The van der Waals surface area contributed by atoms with Gasteiger partial charge in [-0.1, -0.05) is 0 Å². The number of hydrazine groups is 1. The molecular weight excluding hydrogens is 116 g/mol. The maximum Gasteiger partial charge on any atom is 0.0754 e. The lowest BCUT2D eigenvalue weighted by Crippen LogP contribution is -2.46. The summed E-state index contributed by atoms with van der Waals surface area (Å²) in [5.41, 5.74) is 8.40. The Morgan fingerprint density at radius 1 is 1.89 bits per heavy atom. The van der Waals surface area contributed by atoms with Gasteiger partial charge in [-0.25, -0.2) is 5.01 Å². The van der Waals surface area contributed by atoms with Crippen molar-refractivity contribution in [2.45, 2.75) is 12.6 Å². The molecule has 4 nitrogen and oxygen atoms in total. The van der Waals surface area contributed by atoms with Gasteiger partial charge in [-0.15, -0.1) is 0 Å². The third kappa shape index (κ3) is 3.18. The fourth-order valence-corrected chi connectivity index (χ4v) is 0.445. The third-order valence-electron chi connectivity index (χ3n) is 1.21. The van der Waals surface area contributed by atoms with Crippen LogP contribution in [0.5, 0.6) is 0 Å². The molecule has 0 aliphatic carbocycles. The number of hydrogen-bond donors (Lipinski definition) is 3. The highest BCUT2D eigenvalue weighted by atomic mass is 15.5. The van der Waals surface area contributed by atoms with E-state index in [4.69, 9.17) is 11.1 Å². The minimum absolute atomic E-state index is 0.0903. The molecule has 1 atom stereocenters. The third-order valence-corrected chi connectivity index (χ3v) is 1.21. The molecule has 4 heteroatoms. The summed E-state index contributed by atoms with van der Waals surface area (Å²) in [6.45, 7) is 0. The van der Waals surface area contributed by atoms with Gasteiger partial charge in [-0.05, 0) is 13.3 Å². The lowest BCUT2D eigenvalue weighted by molar-refractivity contribution is 0.190. The van der Waals surface area contributed by atoms with Gasteiger partial charge in [0.1, 0.15) is 0 Å². The number of nitrogens with two attached hydrogens (primary N) is 1. The average Bonchev–Trinajstić information content (AvgIpc) is 1.87. The van der Waals surface area contributed by atoms with Crippen molar-refractivity contribution < 1.29 is 0 Å². The summed E-state index contributed by atoms with van der Waals surface area (Å²) < 4.78 is 0. The Kier molecular flexibility index (Phi) is 4.21. The van der Waals surface area contributed by atoms with Crippen LogP contribution in [0.3, 0.4) is 0 Å². The van der Waals surface area contributed by atoms with Crippen LogP contribution in [0.4, 0.5) is 0 Å². The van der Waals surface area contributed by atoms with Gasteiger partial charge in [0.25, 0.3) is 0 Å². The Balaban J connectivity index is 3.44. The molecule has 54 valence electrons. The first kappa shape index (κ1) is 8.55. The standard InChI is InChI=1S/C5H14N4/c1-8-9(2)5(7)3-4-6/h4-6,8H,3,7H2,1-2H3. The van der Waals surface area contributed by atoms with Gasteiger partial charge in [0.2, 0.25) is 0 Å². The summed E-state index contributed by atoms with van der Waals surface area (Å²) in [5, 5.41) is 8.50. The average molecular weight is 130 g/mol. The van der Waals surface area contributed by atoms with Crippen molar-refractivity contribution in [3.05, 3.63) is 0 Å². The summed E-state index contributed by atoms with van der Waals surface area (Å²) in [4.78, 5) is 0. The summed E-state index contributed by atoms with van der Waals surface area (Å²) in [6, 6.07) is 0. The minimum Gasteiger partial charge on any atom is -0.314 e. The first-order valence-corrected chi connectivity index (χ1v) is 2.87. The number of nitrogens with one attached hydrogen (secondary N) is 2. The van der Waals surface area contributed by atoms with Crippen LogP contribution in [-0.4, -0.2) is 31.5 Å². The predicted molar refractivity (Wildman–Crippen MR) is 38.2 cm³/mol. The van der Waals surface area contributed by atoms with Crippen LogP contribution in [0.15, 0.2) is 0 Å². The molecule has 0 bridgehead atoms. The molecule has 0 saturated heterocycles. The van der Waals surface area contributed by atoms with Gasteiger partial charge in [0.05, 0.1) is 6.17 Å². The number of hydrogen-bond acceptors (Lipinski definition) is 4. The second-order valence-corrected chi connectivity index (χ2v) is 1.84. The van der Waals surface area contributed by atoms with Gasteiger partial charge < -0.3 is 11.1 Å². The van der Waals surface area contributed by atoms with Crippen LogP contribution in [-0.2, 0) is 0 Å². The molecule has 0 heterocycles. The Bertz CT molecular complexity index is 83.0. The van der Waals surface area contributed by atoms with Crippen molar-refractivity contribution in [1.82, 2.24) is 10.4 Å². The smallest absolute Gasteiger partial charge is 0.0754 e. The number of rotatable bonds is 4. The largest absolute Gasteiger partial charge is 0.314 e.